The molecule has 0 unspecified atom stereocenters. The van der Waals surface area contributed by atoms with Crippen LogP contribution in [0, 0.1) is 6.92 Å². The molecule has 0 amide bonds. The highest BCUT2D eigenvalue weighted by atomic mass is 32.2. The minimum Gasteiger partial charge on any atom is -0.465 e. The van der Waals surface area contributed by atoms with E-state index in [9.17, 15) is 13.2 Å². The van der Waals surface area contributed by atoms with Crippen LogP contribution in [0.25, 0.3) is 0 Å². The van der Waals surface area contributed by atoms with Gasteiger partial charge in [0.15, 0.2) is 15.0 Å². The summed E-state index contributed by atoms with van der Waals surface area (Å²) in [6, 6.07) is 6.72. The van der Waals surface area contributed by atoms with Crippen LogP contribution in [0.1, 0.15) is 31.7 Å². The first-order valence-electron chi connectivity index (χ1n) is 8.37. The number of carbonyl (C=O) groups is 1. The van der Waals surface area contributed by atoms with E-state index in [2.05, 4.69) is 10.2 Å². The third-order valence-electron chi connectivity index (χ3n) is 3.60. The molecular weight excluding hydrogens is 374 g/mol. The molecule has 0 fully saturated rings. The number of hydrogen-bond donors (Lipinski definition) is 0. The SMILES string of the molecule is CCCOC(=O)CSc1nnc(CS(=O)(=O)c2ccc(C)cc2)n1CC. The summed E-state index contributed by atoms with van der Waals surface area (Å²) in [5, 5.41) is 8.56. The Kier molecular flexibility index (Phi) is 7.22. The molecule has 0 bridgehead atoms. The van der Waals surface area contributed by atoms with Crippen molar-refractivity contribution in [3.63, 3.8) is 0 Å². The van der Waals surface area contributed by atoms with Gasteiger partial charge in [-0.1, -0.05) is 36.4 Å². The molecule has 2 aromatic rings. The lowest BCUT2D eigenvalue weighted by Crippen LogP contribution is -2.12. The number of benzene rings is 1. The summed E-state index contributed by atoms with van der Waals surface area (Å²) in [6.45, 7) is 6.61. The van der Waals surface area contributed by atoms with E-state index < -0.39 is 9.84 Å². The second kappa shape index (κ2) is 9.18. The maximum Gasteiger partial charge on any atom is 0.316 e. The van der Waals surface area contributed by atoms with Crippen LogP contribution < -0.4 is 0 Å². The van der Waals surface area contributed by atoms with E-state index in [4.69, 9.17) is 4.74 Å². The van der Waals surface area contributed by atoms with Crippen molar-refractivity contribution in [3.05, 3.63) is 35.7 Å². The number of nitrogens with zero attached hydrogens (tertiary/aromatic N) is 3. The summed E-state index contributed by atoms with van der Waals surface area (Å²) in [7, 11) is -3.52. The standard InChI is InChI=1S/C17H23N3O4S2/c1-4-10-24-16(21)11-25-17-19-18-15(20(17)5-2)12-26(22,23)14-8-6-13(3)7-9-14/h6-9H,4-5,10-12H2,1-3H3. The van der Waals surface area contributed by atoms with E-state index in [0.29, 0.717) is 24.1 Å². The number of carbonyl (C=O) groups excluding carboxylic acids is 1. The quantitative estimate of drug-likeness (QED) is 0.474. The minimum atomic E-state index is -3.52. The van der Waals surface area contributed by atoms with Crippen molar-refractivity contribution in [2.24, 2.45) is 0 Å². The van der Waals surface area contributed by atoms with Gasteiger partial charge in [0.2, 0.25) is 0 Å². The summed E-state index contributed by atoms with van der Waals surface area (Å²) in [5.74, 6) is -0.0885. The van der Waals surface area contributed by atoms with Gasteiger partial charge in [-0.05, 0) is 32.4 Å². The van der Waals surface area contributed by atoms with Gasteiger partial charge in [0.25, 0.3) is 0 Å². The van der Waals surface area contributed by atoms with Gasteiger partial charge in [0.05, 0.1) is 17.3 Å². The highest BCUT2D eigenvalue weighted by Crippen LogP contribution is 2.21. The number of thioether (sulfide) groups is 1. The monoisotopic (exact) mass is 397 g/mol. The van der Waals surface area contributed by atoms with Gasteiger partial charge < -0.3 is 9.30 Å². The van der Waals surface area contributed by atoms with E-state index >= 15 is 0 Å². The van der Waals surface area contributed by atoms with E-state index in [-0.39, 0.29) is 22.4 Å². The summed E-state index contributed by atoms with van der Waals surface area (Å²) in [5.41, 5.74) is 0.995. The van der Waals surface area contributed by atoms with Gasteiger partial charge in [0, 0.05) is 6.54 Å². The van der Waals surface area contributed by atoms with E-state index in [1.54, 1.807) is 28.8 Å². The molecule has 0 spiro atoms. The molecule has 9 heteroatoms. The molecule has 142 valence electrons. The Morgan fingerprint density at radius 3 is 2.50 bits per heavy atom. The molecule has 7 nitrogen and oxygen atoms in total. The van der Waals surface area contributed by atoms with Crippen molar-refractivity contribution in [2.75, 3.05) is 12.4 Å². The molecule has 1 heterocycles. The zero-order valence-electron chi connectivity index (χ0n) is 15.1. The zero-order valence-corrected chi connectivity index (χ0v) is 16.8. The Hall–Kier alpha value is -1.87. The summed E-state index contributed by atoms with van der Waals surface area (Å²) in [4.78, 5) is 11.9. The predicted molar refractivity (Wildman–Crippen MR) is 99.7 cm³/mol. The number of sulfone groups is 1. The molecular formula is C17H23N3O4S2. The zero-order chi connectivity index (χ0) is 19.2. The van der Waals surface area contributed by atoms with Crippen molar-refractivity contribution >= 4 is 27.6 Å². The van der Waals surface area contributed by atoms with Gasteiger partial charge in [0.1, 0.15) is 11.6 Å². The summed E-state index contributed by atoms with van der Waals surface area (Å²) in [6.07, 6.45) is 0.766. The molecule has 26 heavy (non-hydrogen) atoms. The van der Waals surface area contributed by atoms with Gasteiger partial charge in [-0.2, -0.15) is 0 Å². The topological polar surface area (TPSA) is 91.2 Å². The van der Waals surface area contributed by atoms with Gasteiger partial charge >= 0.3 is 5.97 Å². The first-order valence-corrected chi connectivity index (χ1v) is 11.0. The Morgan fingerprint density at radius 2 is 1.88 bits per heavy atom. The van der Waals surface area contributed by atoms with Crippen LogP contribution in [0.15, 0.2) is 34.3 Å². The van der Waals surface area contributed by atoms with Crippen LogP contribution in [-0.4, -0.2) is 41.5 Å². The maximum atomic E-state index is 12.6. The lowest BCUT2D eigenvalue weighted by atomic mass is 10.2. The van der Waals surface area contributed by atoms with Crippen molar-refractivity contribution in [1.29, 1.82) is 0 Å². The molecule has 0 aliphatic carbocycles. The Bertz CT molecular complexity index is 845. The van der Waals surface area contributed by atoms with Crippen LogP contribution in [0.3, 0.4) is 0 Å². The lowest BCUT2D eigenvalue weighted by Gasteiger charge is -2.08. The fraction of sp³-hybridized carbons (Fsp3) is 0.471. The second-order valence-corrected chi connectivity index (χ2v) is 8.66. The fourth-order valence-electron chi connectivity index (χ4n) is 2.23. The van der Waals surface area contributed by atoms with E-state index in [0.717, 1.165) is 12.0 Å². The number of hydrogen-bond acceptors (Lipinski definition) is 7. The average Bonchev–Trinajstić information content (AvgIpc) is 2.99. The Balaban J connectivity index is 2.12. The molecule has 0 atom stereocenters. The molecule has 1 aromatic carbocycles. The lowest BCUT2D eigenvalue weighted by molar-refractivity contribution is -0.140. The molecule has 0 saturated carbocycles. The molecule has 0 saturated heterocycles. The molecule has 0 aliphatic rings. The predicted octanol–water partition coefficient (Wildman–Crippen LogP) is 2.63. The van der Waals surface area contributed by atoms with Crippen LogP contribution >= 0.6 is 11.8 Å². The van der Waals surface area contributed by atoms with Crippen LogP contribution in [0.5, 0.6) is 0 Å². The van der Waals surface area contributed by atoms with Crippen LogP contribution in [-0.2, 0) is 31.7 Å². The van der Waals surface area contributed by atoms with Gasteiger partial charge in [-0.25, -0.2) is 8.42 Å². The average molecular weight is 398 g/mol. The van der Waals surface area contributed by atoms with Crippen molar-refractivity contribution in [3.8, 4) is 0 Å². The fourth-order valence-corrected chi connectivity index (χ4v) is 4.32. The normalized spacial score (nSPS) is 11.5. The molecule has 0 aliphatic heterocycles. The Labute approximate surface area is 158 Å². The third kappa shape index (κ3) is 5.31. The molecule has 0 radical (unpaired) electrons. The molecule has 1 aromatic heterocycles. The highest BCUT2D eigenvalue weighted by Gasteiger charge is 2.21. The molecule has 2 rings (SSSR count). The van der Waals surface area contributed by atoms with Crippen LogP contribution in [0.4, 0.5) is 0 Å². The van der Waals surface area contributed by atoms with E-state index in [1.807, 2.05) is 20.8 Å². The number of rotatable bonds is 9. The van der Waals surface area contributed by atoms with E-state index in [1.165, 1.54) is 11.8 Å². The smallest absolute Gasteiger partial charge is 0.316 e. The molecule has 0 N–H and O–H groups in total. The van der Waals surface area contributed by atoms with Gasteiger partial charge in [-0.15, -0.1) is 10.2 Å². The largest absolute Gasteiger partial charge is 0.465 e. The highest BCUT2D eigenvalue weighted by molar-refractivity contribution is 7.99. The number of ether oxygens (including phenoxy) is 1. The number of aromatic nitrogens is 3. The number of esters is 1. The number of aryl methyl sites for hydroxylation is 1. The second-order valence-electron chi connectivity index (χ2n) is 5.72. The van der Waals surface area contributed by atoms with Crippen molar-refractivity contribution < 1.29 is 17.9 Å². The minimum absolute atomic E-state index is 0.114. The first kappa shape index (κ1) is 20.4. The first-order chi connectivity index (χ1) is 12.4. The van der Waals surface area contributed by atoms with Crippen LogP contribution in [0.2, 0.25) is 0 Å². The Morgan fingerprint density at radius 1 is 1.19 bits per heavy atom. The third-order valence-corrected chi connectivity index (χ3v) is 6.16. The summed E-state index contributed by atoms with van der Waals surface area (Å²) >= 11 is 1.19. The van der Waals surface area contributed by atoms with Crippen molar-refractivity contribution in [2.45, 2.75) is 49.5 Å². The van der Waals surface area contributed by atoms with Gasteiger partial charge in [-0.3, -0.25) is 4.79 Å². The maximum absolute atomic E-state index is 12.6. The summed E-state index contributed by atoms with van der Waals surface area (Å²) < 4.78 is 32.0. The van der Waals surface area contributed by atoms with Crippen molar-refractivity contribution in [1.82, 2.24) is 14.8 Å².